The van der Waals surface area contributed by atoms with Crippen molar-refractivity contribution >= 4 is 5.97 Å². The Bertz CT molecular complexity index is 322. The summed E-state index contributed by atoms with van der Waals surface area (Å²) in [6.45, 7) is 6.71. The predicted octanol–water partition coefficient (Wildman–Crippen LogP) is 1.14. The average molecular weight is 225 g/mol. The Labute approximate surface area is 95.5 Å². The van der Waals surface area contributed by atoms with E-state index in [1.807, 2.05) is 25.7 Å². The van der Waals surface area contributed by atoms with Gasteiger partial charge in [-0.05, 0) is 20.4 Å². The van der Waals surface area contributed by atoms with Crippen LogP contribution in [-0.4, -0.2) is 44.6 Å². The molecule has 1 unspecified atom stereocenters. The summed E-state index contributed by atoms with van der Waals surface area (Å²) in [4.78, 5) is 20.1. The van der Waals surface area contributed by atoms with E-state index in [0.29, 0.717) is 6.42 Å². The predicted molar refractivity (Wildman–Crippen MR) is 61.2 cm³/mol. The number of carboxylic acid groups (broad SMARTS) is 1. The highest BCUT2D eigenvalue weighted by molar-refractivity contribution is 5.73. The molecule has 1 atom stereocenters. The van der Waals surface area contributed by atoms with E-state index in [1.54, 1.807) is 12.5 Å². The van der Waals surface area contributed by atoms with Crippen molar-refractivity contribution in [2.75, 3.05) is 6.54 Å². The number of H-pyrrole nitrogens is 1. The first-order chi connectivity index (χ1) is 7.56. The molecule has 0 fully saturated rings. The van der Waals surface area contributed by atoms with Gasteiger partial charge in [-0.1, -0.05) is 6.92 Å². The third-order valence-corrected chi connectivity index (χ3v) is 2.68. The van der Waals surface area contributed by atoms with Gasteiger partial charge in [0.25, 0.3) is 0 Å². The molecule has 1 aromatic rings. The first-order valence-electron chi connectivity index (χ1n) is 5.52. The number of nitrogens with zero attached hydrogens (tertiary/aromatic N) is 2. The number of imidazole rings is 1. The van der Waals surface area contributed by atoms with Crippen LogP contribution in [0.4, 0.5) is 0 Å². The number of carbonyl (C=O) groups is 1. The zero-order valence-electron chi connectivity index (χ0n) is 9.97. The van der Waals surface area contributed by atoms with Crippen LogP contribution in [0.2, 0.25) is 0 Å². The highest BCUT2D eigenvalue weighted by Crippen LogP contribution is 2.10. The molecule has 5 nitrogen and oxygen atoms in total. The smallest absolute Gasteiger partial charge is 0.321 e. The zero-order valence-corrected chi connectivity index (χ0v) is 9.97. The van der Waals surface area contributed by atoms with Gasteiger partial charge in [0.05, 0.1) is 6.33 Å². The van der Waals surface area contributed by atoms with Gasteiger partial charge in [-0.3, -0.25) is 9.69 Å². The Kier molecular flexibility index (Phi) is 4.49. The Morgan fingerprint density at radius 3 is 2.69 bits per heavy atom. The summed E-state index contributed by atoms with van der Waals surface area (Å²) < 4.78 is 0. The molecule has 5 heteroatoms. The number of aromatic nitrogens is 2. The molecule has 16 heavy (non-hydrogen) atoms. The van der Waals surface area contributed by atoms with Gasteiger partial charge in [-0.15, -0.1) is 0 Å². The van der Waals surface area contributed by atoms with Gasteiger partial charge in [0.2, 0.25) is 0 Å². The number of carboxylic acids is 1. The van der Waals surface area contributed by atoms with E-state index >= 15 is 0 Å². The minimum atomic E-state index is -0.787. The summed E-state index contributed by atoms with van der Waals surface area (Å²) in [6, 6.07) is -0.278. The van der Waals surface area contributed by atoms with Crippen molar-refractivity contribution in [2.45, 2.75) is 39.3 Å². The number of likely N-dealkylation sites (N-methyl/N-ethyl adjacent to an activating group) is 1. The summed E-state index contributed by atoms with van der Waals surface area (Å²) in [6.07, 6.45) is 3.70. The normalized spacial score (nSPS) is 13.3. The van der Waals surface area contributed by atoms with E-state index in [1.165, 1.54) is 0 Å². The monoisotopic (exact) mass is 225 g/mol. The maximum absolute atomic E-state index is 11.3. The number of aliphatic carboxylic acids is 1. The highest BCUT2D eigenvalue weighted by Gasteiger charge is 2.26. The lowest BCUT2D eigenvalue weighted by atomic mass is 10.1. The Morgan fingerprint density at radius 1 is 1.62 bits per heavy atom. The second-order valence-electron chi connectivity index (χ2n) is 4.06. The van der Waals surface area contributed by atoms with Crippen LogP contribution in [0.25, 0.3) is 0 Å². The van der Waals surface area contributed by atoms with E-state index in [-0.39, 0.29) is 6.04 Å². The van der Waals surface area contributed by atoms with Crippen LogP contribution in [0.15, 0.2) is 12.5 Å². The van der Waals surface area contributed by atoms with Crippen molar-refractivity contribution in [3.8, 4) is 0 Å². The quantitative estimate of drug-likeness (QED) is 0.761. The van der Waals surface area contributed by atoms with Crippen LogP contribution < -0.4 is 0 Å². The Hall–Kier alpha value is -1.36. The standard InChI is InChI=1S/C11H19N3O2/c1-4-14(8(2)3)10(11(15)16)5-9-6-12-7-13-9/h6-8,10H,4-5H2,1-3H3,(H,12,13)(H,15,16). The molecule has 1 heterocycles. The fraction of sp³-hybridized carbons (Fsp3) is 0.636. The second kappa shape index (κ2) is 5.65. The summed E-state index contributed by atoms with van der Waals surface area (Å²) in [7, 11) is 0. The van der Waals surface area contributed by atoms with Crippen molar-refractivity contribution in [2.24, 2.45) is 0 Å². The van der Waals surface area contributed by atoms with Gasteiger partial charge in [0.1, 0.15) is 6.04 Å². The van der Waals surface area contributed by atoms with Crippen molar-refractivity contribution < 1.29 is 9.90 Å². The second-order valence-corrected chi connectivity index (χ2v) is 4.06. The zero-order chi connectivity index (χ0) is 12.1. The number of aromatic amines is 1. The molecule has 90 valence electrons. The minimum absolute atomic E-state index is 0.217. The molecule has 1 rings (SSSR count). The van der Waals surface area contributed by atoms with Gasteiger partial charge >= 0.3 is 5.97 Å². The Morgan fingerprint density at radius 2 is 2.31 bits per heavy atom. The fourth-order valence-corrected chi connectivity index (χ4v) is 1.90. The lowest BCUT2D eigenvalue weighted by Crippen LogP contribution is -2.46. The average Bonchev–Trinajstić information content (AvgIpc) is 2.69. The molecule has 0 aromatic carbocycles. The van der Waals surface area contributed by atoms with Crippen molar-refractivity contribution in [1.29, 1.82) is 0 Å². The molecule has 0 amide bonds. The molecular weight excluding hydrogens is 206 g/mol. The first kappa shape index (κ1) is 12.7. The van der Waals surface area contributed by atoms with Gasteiger partial charge in [-0.2, -0.15) is 0 Å². The minimum Gasteiger partial charge on any atom is -0.480 e. The number of nitrogens with one attached hydrogen (secondary N) is 1. The maximum atomic E-state index is 11.3. The lowest BCUT2D eigenvalue weighted by molar-refractivity contribution is -0.144. The fourth-order valence-electron chi connectivity index (χ4n) is 1.90. The van der Waals surface area contributed by atoms with E-state index in [0.717, 1.165) is 12.2 Å². The molecule has 0 bridgehead atoms. The maximum Gasteiger partial charge on any atom is 0.321 e. The molecule has 1 aromatic heterocycles. The highest BCUT2D eigenvalue weighted by atomic mass is 16.4. The number of hydrogen-bond donors (Lipinski definition) is 2. The number of hydrogen-bond acceptors (Lipinski definition) is 3. The van der Waals surface area contributed by atoms with Crippen LogP contribution in [-0.2, 0) is 11.2 Å². The van der Waals surface area contributed by atoms with Crippen LogP contribution in [0, 0.1) is 0 Å². The molecule has 0 aliphatic rings. The number of rotatable bonds is 6. The summed E-state index contributed by atoms with van der Waals surface area (Å²) in [5, 5.41) is 9.25. The van der Waals surface area contributed by atoms with E-state index < -0.39 is 12.0 Å². The van der Waals surface area contributed by atoms with Crippen LogP contribution >= 0.6 is 0 Å². The molecule has 0 saturated carbocycles. The molecule has 0 aliphatic carbocycles. The summed E-state index contributed by atoms with van der Waals surface area (Å²) in [5.74, 6) is -0.787. The van der Waals surface area contributed by atoms with E-state index in [4.69, 9.17) is 0 Å². The Balaban J connectivity index is 2.78. The largest absolute Gasteiger partial charge is 0.480 e. The topological polar surface area (TPSA) is 69.2 Å². The molecule has 0 saturated heterocycles. The van der Waals surface area contributed by atoms with Crippen molar-refractivity contribution in [3.63, 3.8) is 0 Å². The van der Waals surface area contributed by atoms with Gasteiger partial charge < -0.3 is 10.1 Å². The first-order valence-corrected chi connectivity index (χ1v) is 5.52. The van der Waals surface area contributed by atoms with E-state index in [2.05, 4.69) is 9.97 Å². The molecule has 0 spiro atoms. The van der Waals surface area contributed by atoms with Crippen molar-refractivity contribution in [3.05, 3.63) is 18.2 Å². The molecule has 0 radical (unpaired) electrons. The van der Waals surface area contributed by atoms with Crippen LogP contribution in [0.3, 0.4) is 0 Å². The third-order valence-electron chi connectivity index (χ3n) is 2.68. The van der Waals surface area contributed by atoms with Crippen LogP contribution in [0.1, 0.15) is 26.5 Å². The van der Waals surface area contributed by atoms with Gasteiger partial charge in [0, 0.05) is 24.4 Å². The molecular formula is C11H19N3O2. The van der Waals surface area contributed by atoms with Crippen LogP contribution in [0.5, 0.6) is 0 Å². The van der Waals surface area contributed by atoms with Gasteiger partial charge in [0.15, 0.2) is 0 Å². The van der Waals surface area contributed by atoms with Gasteiger partial charge in [-0.25, -0.2) is 4.98 Å². The molecule has 2 N–H and O–H groups in total. The lowest BCUT2D eigenvalue weighted by Gasteiger charge is -2.30. The third kappa shape index (κ3) is 3.06. The SMILES string of the molecule is CCN(C(C)C)C(Cc1cnc[nH]1)C(=O)O. The summed E-state index contributed by atoms with van der Waals surface area (Å²) in [5.41, 5.74) is 0.853. The molecule has 0 aliphatic heterocycles. The van der Waals surface area contributed by atoms with E-state index in [9.17, 15) is 9.90 Å². The van der Waals surface area contributed by atoms with Crippen molar-refractivity contribution in [1.82, 2.24) is 14.9 Å². The summed E-state index contributed by atoms with van der Waals surface area (Å²) >= 11 is 0.